The first-order chi connectivity index (χ1) is 3.42. The van der Waals surface area contributed by atoms with Crippen molar-refractivity contribution in [2.75, 3.05) is 0 Å². The van der Waals surface area contributed by atoms with E-state index in [1.165, 1.54) is 0 Å². The van der Waals surface area contributed by atoms with Crippen LogP contribution in [0.5, 0.6) is 0 Å². The van der Waals surface area contributed by atoms with Crippen LogP contribution >= 0.6 is 0 Å². The highest BCUT2D eigenvalue weighted by atomic mass is 14.2. The minimum atomic E-state index is 0.209. The molecule has 0 saturated heterocycles. The predicted molar refractivity (Wildman–Crippen MR) is 38.3 cm³/mol. The van der Waals surface area contributed by atoms with E-state index in [-0.39, 0.29) is 5.41 Å². The second-order valence-corrected chi connectivity index (χ2v) is 3.47. The highest BCUT2D eigenvalue weighted by Gasteiger charge is 2.11. The Labute approximate surface area is 53.3 Å². The molecule has 0 aliphatic carbocycles. The van der Waals surface area contributed by atoms with Gasteiger partial charge in [0.05, 0.1) is 0 Å². The lowest BCUT2D eigenvalue weighted by Gasteiger charge is -2.19. The number of hydrogen-bond donors (Lipinski definition) is 0. The van der Waals surface area contributed by atoms with Crippen LogP contribution in [0.1, 0.15) is 27.2 Å². The van der Waals surface area contributed by atoms with Gasteiger partial charge in [0, 0.05) is 0 Å². The first-order valence-corrected chi connectivity index (χ1v) is 3.10. The van der Waals surface area contributed by atoms with Crippen LogP contribution in [0, 0.1) is 25.2 Å². The fourth-order valence-corrected chi connectivity index (χ4v) is 0.943. The second-order valence-electron chi connectivity index (χ2n) is 3.47. The summed E-state index contributed by atoms with van der Waals surface area (Å²) in [6.45, 7) is 14.2. The van der Waals surface area contributed by atoms with Gasteiger partial charge in [0.1, 0.15) is 0 Å². The molecule has 0 aromatic rings. The third-order valence-corrected chi connectivity index (χ3v) is 0.901. The first kappa shape index (κ1) is 8.00. The number of rotatable bonds is 2. The van der Waals surface area contributed by atoms with Gasteiger partial charge in [-0.2, -0.15) is 0 Å². The van der Waals surface area contributed by atoms with Crippen molar-refractivity contribution in [2.45, 2.75) is 27.2 Å². The molecular formula is C8H16. The Balaban J connectivity index is 3.39. The monoisotopic (exact) mass is 112 g/mol. The molecule has 0 heterocycles. The Hall–Kier alpha value is 0. The molecule has 1 unspecified atom stereocenters. The molecule has 0 aliphatic heterocycles. The SMILES string of the molecule is [CH2]C(C)CC([CH2])(C)C. The zero-order valence-electron chi connectivity index (χ0n) is 6.20. The summed E-state index contributed by atoms with van der Waals surface area (Å²) < 4.78 is 0. The van der Waals surface area contributed by atoms with E-state index in [4.69, 9.17) is 0 Å². The van der Waals surface area contributed by atoms with Crippen molar-refractivity contribution < 1.29 is 0 Å². The molecule has 2 radical (unpaired) electrons. The molecule has 48 valence electrons. The maximum atomic E-state index is 3.97. The van der Waals surface area contributed by atoms with Crippen LogP contribution in [-0.2, 0) is 0 Å². The largest absolute Gasteiger partial charge is 0.0625 e. The fraction of sp³-hybridized carbons (Fsp3) is 0.750. The molecule has 0 bridgehead atoms. The summed E-state index contributed by atoms with van der Waals surface area (Å²) >= 11 is 0. The van der Waals surface area contributed by atoms with Crippen molar-refractivity contribution >= 4 is 0 Å². The predicted octanol–water partition coefficient (Wildman–Crippen LogP) is 2.71. The first-order valence-electron chi connectivity index (χ1n) is 3.10. The van der Waals surface area contributed by atoms with Crippen molar-refractivity contribution in [3.05, 3.63) is 13.8 Å². The summed E-state index contributed by atoms with van der Waals surface area (Å²) in [6.07, 6.45) is 1.10. The summed E-state index contributed by atoms with van der Waals surface area (Å²) in [5.74, 6) is 0.530. The van der Waals surface area contributed by atoms with E-state index in [0.29, 0.717) is 5.92 Å². The average molecular weight is 112 g/mol. The van der Waals surface area contributed by atoms with E-state index in [1.54, 1.807) is 0 Å². The van der Waals surface area contributed by atoms with E-state index in [2.05, 4.69) is 34.6 Å². The lowest BCUT2D eigenvalue weighted by atomic mass is 9.86. The van der Waals surface area contributed by atoms with Crippen molar-refractivity contribution in [3.8, 4) is 0 Å². The van der Waals surface area contributed by atoms with Gasteiger partial charge in [-0.25, -0.2) is 0 Å². The smallest absolute Gasteiger partial charge is 0.0351 e. The van der Waals surface area contributed by atoms with Gasteiger partial charge in [-0.15, -0.1) is 0 Å². The van der Waals surface area contributed by atoms with Crippen LogP contribution in [0.15, 0.2) is 0 Å². The van der Waals surface area contributed by atoms with E-state index in [1.807, 2.05) is 0 Å². The number of hydrogen-bond acceptors (Lipinski definition) is 0. The summed E-state index contributed by atoms with van der Waals surface area (Å²) in [5.41, 5.74) is 0.209. The summed E-state index contributed by atoms with van der Waals surface area (Å²) in [6, 6.07) is 0. The molecule has 0 amide bonds. The Morgan fingerprint density at radius 1 is 1.50 bits per heavy atom. The zero-order chi connectivity index (χ0) is 6.78. The molecule has 0 rings (SSSR count). The molecule has 0 fully saturated rings. The lowest BCUT2D eigenvalue weighted by molar-refractivity contribution is 0.381. The van der Waals surface area contributed by atoms with Crippen LogP contribution in [0.25, 0.3) is 0 Å². The minimum absolute atomic E-state index is 0.209. The summed E-state index contributed by atoms with van der Waals surface area (Å²) in [5, 5.41) is 0. The van der Waals surface area contributed by atoms with E-state index in [0.717, 1.165) is 6.42 Å². The van der Waals surface area contributed by atoms with Crippen LogP contribution in [0.3, 0.4) is 0 Å². The molecule has 8 heavy (non-hydrogen) atoms. The standard InChI is InChI=1S/C8H16/c1-7(2)6-8(3,4)5/h7H,1,3,6H2,2,4-5H3. The van der Waals surface area contributed by atoms with E-state index < -0.39 is 0 Å². The molecule has 0 aliphatic rings. The normalized spacial score (nSPS) is 12.8. The van der Waals surface area contributed by atoms with Crippen molar-refractivity contribution in [2.24, 2.45) is 11.3 Å². The second kappa shape index (κ2) is 2.52. The minimum Gasteiger partial charge on any atom is -0.0625 e. The Morgan fingerprint density at radius 2 is 1.88 bits per heavy atom. The zero-order valence-corrected chi connectivity index (χ0v) is 6.20. The average Bonchev–Trinajstić information content (AvgIpc) is 1.21. The third kappa shape index (κ3) is 6.00. The topological polar surface area (TPSA) is 0 Å². The molecular weight excluding hydrogens is 96.1 g/mol. The van der Waals surface area contributed by atoms with Gasteiger partial charge in [0.2, 0.25) is 0 Å². The van der Waals surface area contributed by atoms with Crippen molar-refractivity contribution in [1.29, 1.82) is 0 Å². The molecule has 0 aromatic heterocycles. The molecule has 0 nitrogen and oxygen atoms in total. The summed E-state index contributed by atoms with van der Waals surface area (Å²) in [4.78, 5) is 0. The van der Waals surface area contributed by atoms with Crippen LogP contribution in [0.2, 0.25) is 0 Å². The Morgan fingerprint density at radius 3 is 1.88 bits per heavy atom. The van der Waals surface area contributed by atoms with E-state index >= 15 is 0 Å². The molecule has 0 aromatic carbocycles. The molecule has 0 heteroatoms. The van der Waals surface area contributed by atoms with E-state index in [9.17, 15) is 0 Å². The van der Waals surface area contributed by atoms with Crippen molar-refractivity contribution in [1.82, 2.24) is 0 Å². The molecule has 0 saturated carbocycles. The molecule has 1 atom stereocenters. The fourth-order valence-electron chi connectivity index (χ4n) is 0.943. The third-order valence-electron chi connectivity index (χ3n) is 0.901. The highest BCUT2D eigenvalue weighted by Crippen LogP contribution is 2.22. The summed E-state index contributed by atoms with van der Waals surface area (Å²) in [7, 11) is 0. The maximum absolute atomic E-state index is 3.97. The lowest BCUT2D eigenvalue weighted by Crippen LogP contribution is -2.08. The molecule has 0 N–H and O–H groups in total. The quantitative estimate of drug-likeness (QED) is 0.515. The van der Waals surface area contributed by atoms with Gasteiger partial charge in [-0.3, -0.25) is 0 Å². The Bertz CT molecular complexity index is 54.9. The van der Waals surface area contributed by atoms with Crippen LogP contribution in [-0.4, -0.2) is 0 Å². The highest BCUT2D eigenvalue weighted by molar-refractivity contribution is 4.73. The maximum Gasteiger partial charge on any atom is -0.0351 e. The van der Waals surface area contributed by atoms with Gasteiger partial charge in [-0.05, 0) is 24.7 Å². The van der Waals surface area contributed by atoms with Crippen LogP contribution < -0.4 is 0 Å². The van der Waals surface area contributed by atoms with Gasteiger partial charge in [-0.1, -0.05) is 27.7 Å². The van der Waals surface area contributed by atoms with Gasteiger partial charge < -0.3 is 0 Å². The van der Waals surface area contributed by atoms with Crippen molar-refractivity contribution in [3.63, 3.8) is 0 Å². The Kier molecular flexibility index (Phi) is 2.52. The van der Waals surface area contributed by atoms with Gasteiger partial charge in [0.15, 0.2) is 0 Å². The van der Waals surface area contributed by atoms with Crippen LogP contribution in [0.4, 0.5) is 0 Å². The molecule has 0 spiro atoms. The van der Waals surface area contributed by atoms with Gasteiger partial charge in [0.25, 0.3) is 0 Å². The van der Waals surface area contributed by atoms with Gasteiger partial charge >= 0.3 is 0 Å².